The molecule has 1 atom stereocenters. The minimum Gasteiger partial charge on any atom is -0.370 e. The minimum atomic E-state index is -4.34. The average molecular weight is 349 g/mol. The lowest BCUT2D eigenvalue weighted by Crippen LogP contribution is -2.39. The number of H-pyrrole nitrogens is 1. The first-order valence-corrected chi connectivity index (χ1v) is 7.70. The Hall–Kier alpha value is -2.68. The van der Waals surface area contributed by atoms with E-state index >= 15 is 0 Å². The van der Waals surface area contributed by atoms with Crippen molar-refractivity contribution >= 4 is 17.0 Å². The topological polar surface area (TPSA) is 66.9 Å². The van der Waals surface area contributed by atoms with Gasteiger partial charge in [-0.15, -0.1) is 0 Å². The molecule has 25 heavy (non-hydrogen) atoms. The number of fused-ring (bicyclic) bond motifs is 1. The highest BCUT2D eigenvalue weighted by Crippen LogP contribution is 2.32. The lowest BCUT2D eigenvalue weighted by molar-refractivity contribution is -0.137. The Labute approximate surface area is 140 Å². The van der Waals surface area contributed by atoms with Crippen molar-refractivity contribution in [2.45, 2.75) is 12.3 Å². The van der Waals surface area contributed by atoms with Crippen LogP contribution in [-0.2, 0) is 10.9 Å². The summed E-state index contributed by atoms with van der Waals surface area (Å²) < 4.78 is 43.8. The number of hydrogen-bond donors (Lipinski definition) is 1. The highest BCUT2D eigenvalue weighted by Gasteiger charge is 2.31. The van der Waals surface area contributed by atoms with E-state index in [9.17, 15) is 13.2 Å². The fourth-order valence-electron chi connectivity index (χ4n) is 2.92. The third-order valence-corrected chi connectivity index (χ3v) is 4.18. The zero-order chi connectivity index (χ0) is 17.4. The van der Waals surface area contributed by atoms with Gasteiger partial charge in [0.15, 0.2) is 11.5 Å². The van der Waals surface area contributed by atoms with E-state index in [1.54, 1.807) is 6.33 Å². The summed E-state index contributed by atoms with van der Waals surface area (Å²) in [4.78, 5) is 17.6. The smallest absolute Gasteiger partial charge is 0.370 e. The van der Waals surface area contributed by atoms with E-state index in [1.165, 1.54) is 18.5 Å². The minimum absolute atomic E-state index is 0.330. The van der Waals surface area contributed by atoms with Crippen molar-refractivity contribution < 1.29 is 17.9 Å². The lowest BCUT2D eigenvalue weighted by Gasteiger charge is -2.34. The first-order valence-electron chi connectivity index (χ1n) is 7.70. The molecule has 1 aliphatic rings. The molecule has 0 saturated carbocycles. The fraction of sp³-hybridized carbons (Fsp3) is 0.312. The number of aromatic amines is 1. The Bertz CT molecular complexity index is 877. The highest BCUT2D eigenvalue weighted by atomic mass is 19.4. The van der Waals surface area contributed by atoms with Gasteiger partial charge in [0.2, 0.25) is 0 Å². The first kappa shape index (κ1) is 15.8. The van der Waals surface area contributed by atoms with Crippen LogP contribution in [0.5, 0.6) is 0 Å². The summed E-state index contributed by atoms with van der Waals surface area (Å²) in [6.07, 6.45) is -1.67. The summed E-state index contributed by atoms with van der Waals surface area (Å²) in [6.45, 7) is 1.56. The van der Waals surface area contributed by atoms with Crippen molar-refractivity contribution in [3.05, 3.63) is 48.0 Å². The predicted octanol–water partition coefficient (Wildman–Crippen LogP) is 2.95. The number of nitrogens with zero attached hydrogens (tertiary/aromatic N) is 4. The number of rotatable bonds is 2. The van der Waals surface area contributed by atoms with E-state index in [-0.39, 0.29) is 6.10 Å². The molecule has 0 amide bonds. The zero-order valence-electron chi connectivity index (χ0n) is 13.0. The molecule has 1 saturated heterocycles. The van der Waals surface area contributed by atoms with E-state index in [4.69, 9.17) is 4.74 Å². The predicted molar refractivity (Wildman–Crippen MR) is 84.0 cm³/mol. The number of aromatic nitrogens is 4. The van der Waals surface area contributed by atoms with Crippen LogP contribution in [0, 0.1) is 0 Å². The van der Waals surface area contributed by atoms with Crippen LogP contribution in [-0.4, -0.2) is 39.6 Å². The molecule has 4 rings (SSSR count). The van der Waals surface area contributed by atoms with Crippen LogP contribution in [0.2, 0.25) is 0 Å². The molecule has 3 heterocycles. The number of anilines is 1. The maximum Gasteiger partial charge on any atom is 0.416 e. The van der Waals surface area contributed by atoms with E-state index < -0.39 is 11.7 Å². The number of hydrogen-bond acceptors (Lipinski definition) is 5. The molecule has 9 heteroatoms. The monoisotopic (exact) mass is 349 g/mol. The number of alkyl halides is 3. The lowest BCUT2D eigenvalue weighted by atomic mass is 10.1. The largest absolute Gasteiger partial charge is 0.416 e. The summed E-state index contributed by atoms with van der Waals surface area (Å²) in [6, 6.07) is 5.08. The van der Waals surface area contributed by atoms with Crippen molar-refractivity contribution in [3.8, 4) is 0 Å². The molecular weight excluding hydrogens is 335 g/mol. The maximum absolute atomic E-state index is 12.7. The molecule has 0 radical (unpaired) electrons. The fourth-order valence-corrected chi connectivity index (χ4v) is 2.92. The quantitative estimate of drug-likeness (QED) is 0.770. The first-order chi connectivity index (χ1) is 12.0. The van der Waals surface area contributed by atoms with Crippen LogP contribution in [0.15, 0.2) is 36.9 Å². The van der Waals surface area contributed by atoms with Crippen LogP contribution in [0.25, 0.3) is 11.2 Å². The molecule has 1 aliphatic heterocycles. The van der Waals surface area contributed by atoms with Crippen molar-refractivity contribution in [1.82, 2.24) is 19.9 Å². The van der Waals surface area contributed by atoms with Gasteiger partial charge >= 0.3 is 6.18 Å². The van der Waals surface area contributed by atoms with E-state index in [0.717, 1.165) is 17.6 Å². The Morgan fingerprint density at radius 2 is 1.92 bits per heavy atom. The summed E-state index contributed by atoms with van der Waals surface area (Å²) in [5, 5.41) is 0. The zero-order valence-corrected chi connectivity index (χ0v) is 13.0. The summed E-state index contributed by atoms with van der Waals surface area (Å²) >= 11 is 0. The molecule has 1 N–H and O–H groups in total. The van der Waals surface area contributed by atoms with Gasteiger partial charge < -0.3 is 14.6 Å². The number of morpholine rings is 1. The van der Waals surface area contributed by atoms with Crippen LogP contribution >= 0.6 is 0 Å². The number of halogens is 3. The molecule has 0 spiro atoms. The van der Waals surface area contributed by atoms with Gasteiger partial charge in [0.05, 0.1) is 18.5 Å². The van der Waals surface area contributed by atoms with Crippen molar-refractivity contribution in [2.75, 3.05) is 24.6 Å². The van der Waals surface area contributed by atoms with Crippen molar-refractivity contribution in [3.63, 3.8) is 0 Å². The summed E-state index contributed by atoms with van der Waals surface area (Å²) in [5.41, 5.74) is 1.34. The number of imidazole rings is 1. The highest BCUT2D eigenvalue weighted by molar-refractivity contribution is 5.82. The SMILES string of the molecule is FC(F)(F)c1ccc(C2CN(c3ncnc4nc[nH]c34)CCO2)cc1. The summed E-state index contributed by atoms with van der Waals surface area (Å²) in [7, 11) is 0. The molecule has 3 aromatic rings. The van der Waals surface area contributed by atoms with Gasteiger partial charge in [0.1, 0.15) is 17.9 Å². The summed E-state index contributed by atoms with van der Waals surface area (Å²) in [5.74, 6) is 0.711. The van der Waals surface area contributed by atoms with Gasteiger partial charge in [-0.1, -0.05) is 12.1 Å². The second-order valence-corrected chi connectivity index (χ2v) is 5.72. The maximum atomic E-state index is 12.7. The van der Waals surface area contributed by atoms with E-state index in [2.05, 4.69) is 19.9 Å². The Morgan fingerprint density at radius 1 is 1.12 bits per heavy atom. The molecule has 2 aromatic heterocycles. The van der Waals surface area contributed by atoms with E-state index in [0.29, 0.717) is 36.7 Å². The second-order valence-electron chi connectivity index (χ2n) is 5.72. The van der Waals surface area contributed by atoms with Crippen LogP contribution in [0.4, 0.5) is 19.0 Å². The Kier molecular flexibility index (Phi) is 3.79. The number of nitrogens with one attached hydrogen (secondary N) is 1. The van der Waals surface area contributed by atoms with Gasteiger partial charge in [-0.05, 0) is 17.7 Å². The van der Waals surface area contributed by atoms with Crippen LogP contribution < -0.4 is 4.90 Å². The third kappa shape index (κ3) is 3.02. The third-order valence-electron chi connectivity index (χ3n) is 4.18. The normalized spacial score (nSPS) is 18.7. The van der Waals surface area contributed by atoms with E-state index in [1.807, 2.05) is 4.90 Å². The standard InChI is InChI=1S/C16H14F3N5O/c17-16(18,19)11-3-1-10(2-4-11)12-7-24(5-6-25-12)15-13-14(21-8-20-13)22-9-23-15/h1-4,8-9,12H,5-7H2,(H,20,21,22,23). The van der Waals surface area contributed by atoms with Gasteiger partial charge in [-0.2, -0.15) is 13.2 Å². The molecular formula is C16H14F3N5O. The van der Waals surface area contributed by atoms with Gasteiger partial charge in [0, 0.05) is 13.1 Å². The number of ether oxygens (including phenoxy) is 1. The Morgan fingerprint density at radius 3 is 2.68 bits per heavy atom. The number of benzene rings is 1. The molecule has 0 bridgehead atoms. The molecule has 6 nitrogen and oxygen atoms in total. The molecule has 1 aromatic carbocycles. The molecule has 0 aliphatic carbocycles. The van der Waals surface area contributed by atoms with Gasteiger partial charge in [0.25, 0.3) is 0 Å². The van der Waals surface area contributed by atoms with Crippen LogP contribution in [0.3, 0.4) is 0 Å². The van der Waals surface area contributed by atoms with Gasteiger partial charge in [-0.25, -0.2) is 15.0 Å². The second kappa shape index (κ2) is 5.99. The van der Waals surface area contributed by atoms with Crippen LogP contribution in [0.1, 0.15) is 17.2 Å². The average Bonchev–Trinajstić information content (AvgIpc) is 3.10. The van der Waals surface area contributed by atoms with Crippen molar-refractivity contribution in [2.24, 2.45) is 0 Å². The molecule has 130 valence electrons. The molecule has 1 fully saturated rings. The molecule has 1 unspecified atom stereocenters. The Balaban J connectivity index is 1.58. The van der Waals surface area contributed by atoms with Crippen molar-refractivity contribution in [1.29, 1.82) is 0 Å². The van der Waals surface area contributed by atoms with Gasteiger partial charge in [-0.3, -0.25) is 0 Å².